The van der Waals surface area contributed by atoms with E-state index in [0.717, 1.165) is 106 Å². The largest absolute Gasteiger partial charge is 0.494 e. The fraction of sp³-hybridized carbons (Fsp3) is 0.444. The lowest BCUT2D eigenvalue weighted by atomic mass is 10.0. The zero-order chi connectivity index (χ0) is 60.5. The summed E-state index contributed by atoms with van der Waals surface area (Å²) < 4.78 is 18.4. The summed E-state index contributed by atoms with van der Waals surface area (Å²) in [6, 6.07) is 48.5. The third-order valence-electron chi connectivity index (χ3n) is 16.0. The van der Waals surface area contributed by atoms with E-state index in [1.165, 1.54) is 173 Å². The van der Waals surface area contributed by atoms with Crippen LogP contribution in [0.1, 0.15) is 247 Å². The molecule has 1 heterocycles. The van der Waals surface area contributed by atoms with Crippen molar-refractivity contribution < 1.29 is 14.2 Å². The van der Waals surface area contributed by atoms with Crippen molar-refractivity contribution in [3.05, 3.63) is 179 Å². The van der Waals surface area contributed by atoms with Crippen LogP contribution >= 0.6 is 0 Å². The molecule has 7 aromatic rings. The van der Waals surface area contributed by atoms with Crippen LogP contribution in [0.15, 0.2) is 146 Å². The van der Waals surface area contributed by atoms with Gasteiger partial charge in [0.05, 0.1) is 19.8 Å². The molecule has 0 bridgehead atoms. The van der Waals surface area contributed by atoms with Gasteiger partial charge in [-0.15, -0.1) is 0 Å². The maximum absolute atomic E-state index is 6.14. The summed E-state index contributed by atoms with van der Waals surface area (Å²) in [4.78, 5) is 15.7. The highest BCUT2D eigenvalue weighted by atomic mass is 16.5. The second-order valence-electron chi connectivity index (χ2n) is 23.4. The lowest BCUT2D eigenvalue weighted by Gasteiger charge is -2.11. The summed E-state index contributed by atoms with van der Waals surface area (Å²) in [5, 5.41) is 0. The van der Waals surface area contributed by atoms with Crippen LogP contribution in [-0.2, 0) is 0 Å². The number of hydrogen-bond acceptors (Lipinski definition) is 6. The Morgan fingerprint density at radius 3 is 0.701 bits per heavy atom. The van der Waals surface area contributed by atoms with E-state index in [9.17, 15) is 0 Å². The van der Waals surface area contributed by atoms with Crippen molar-refractivity contribution in [2.45, 2.75) is 213 Å². The first-order valence-electron chi connectivity index (χ1n) is 33.9. The number of unbranched alkanes of at least 4 members (excludes halogenated alkanes) is 27. The number of hydrogen-bond donors (Lipinski definition) is 0. The molecule has 6 heteroatoms. The van der Waals surface area contributed by atoms with E-state index < -0.39 is 0 Å². The zero-order valence-electron chi connectivity index (χ0n) is 53.3. The Kier molecular flexibility index (Phi) is 31.9. The minimum absolute atomic E-state index is 0.503. The lowest BCUT2D eigenvalue weighted by molar-refractivity contribution is 0.304. The monoisotopic (exact) mass is 1160 g/mol. The van der Waals surface area contributed by atoms with Gasteiger partial charge in [0, 0.05) is 50.1 Å². The van der Waals surface area contributed by atoms with Gasteiger partial charge in [-0.25, -0.2) is 15.0 Å². The average molecular weight is 1160 g/mol. The molecule has 0 aliphatic heterocycles. The molecular formula is C81H99N3O3. The topological polar surface area (TPSA) is 66.4 Å². The van der Waals surface area contributed by atoms with Gasteiger partial charge >= 0.3 is 0 Å². The minimum Gasteiger partial charge on any atom is -0.494 e. The Hall–Kier alpha value is -7.59. The van der Waals surface area contributed by atoms with Crippen LogP contribution in [-0.4, -0.2) is 34.8 Å². The molecule has 0 unspecified atom stereocenters. The summed E-state index contributed by atoms with van der Waals surface area (Å²) in [7, 11) is 0. The van der Waals surface area contributed by atoms with Crippen molar-refractivity contribution >= 4 is 0 Å². The molecule has 0 aliphatic rings. The van der Waals surface area contributed by atoms with E-state index in [2.05, 4.69) is 56.3 Å². The fourth-order valence-electron chi connectivity index (χ4n) is 10.8. The van der Waals surface area contributed by atoms with Crippen LogP contribution in [0.25, 0.3) is 34.2 Å². The third-order valence-corrected chi connectivity index (χ3v) is 16.0. The van der Waals surface area contributed by atoms with Crippen molar-refractivity contribution in [3.63, 3.8) is 0 Å². The maximum atomic E-state index is 6.14. The molecule has 0 N–H and O–H groups in total. The molecule has 0 saturated carbocycles. The molecule has 87 heavy (non-hydrogen) atoms. The number of benzene rings is 6. The molecule has 0 saturated heterocycles. The Balaban J connectivity index is 1.06. The Morgan fingerprint density at radius 1 is 0.241 bits per heavy atom. The molecule has 0 radical (unpaired) electrons. The molecule has 7 rings (SSSR count). The molecule has 0 spiro atoms. The number of aromatic nitrogens is 3. The summed E-state index contributed by atoms with van der Waals surface area (Å²) in [5.74, 6) is 24.8. The molecule has 456 valence electrons. The first kappa shape index (κ1) is 66.9. The number of rotatable bonds is 39. The van der Waals surface area contributed by atoms with Crippen molar-refractivity contribution in [2.75, 3.05) is 19.8 Å². The van der Waals surface area contributed by atoms with Crippen molar-refractivity contribution in [1.82, 2.24) is 15.0 Å². The van der Waals surface area contributed by atoms with Crippen LogP contribution in [0.5, 0.6) is 17.2 Å². The third kappa shape index (κ3) is 25.7. The first-order valence-corrected chi connectivity index (χ1v) is 33.9. The van der Waals surface area contributed by atoms with Gasteiger partial charge < -0.3 is 14.2 Å². The average Bonchev–Trinajstić information content (AvgIpc) is 3.36. The Morgan fingerprint density at radius 2 is 0.460 bits per heavy atom. The number of ether oxygens (including phenoxy) is 3. The van der Waals surface area contributed by atoms with Crippen molar-refractivity contribution in [3.8, 4) is 86.9 Å². The van der Waals surface area contributed by atoms with Crippen LogP contribution in [0.3, 0.4) is 0 Å². The van der Waals surface area contributed by atoms with Gasteiger partial charge in [-0.2, -0.15) is 0 Å². The Labute approximate surface area is 525 Å². The van der Waals surface area contributed by atoms with E-state index >= 15 is 0 Å². The Bertz CT molecular complexity index is 2860. The van der Waals surface area contributed by atoms with Crippen LogP contribution in [0, 0.1) is 35.5 Å². The predicted octanol–water partition coefficient (Wildman–Crippen LogP) is 22.0. The second kappa shape index (κ2) is 41.5. The molecule has 0 atom stereocenters. The van der Waals surface area contributed by atoms with E-state index in [1.807, 2.05) is 146 Å². The van der Waals surface area contributed by atoms with Crippen molar-refractivity contribution in [2.24, 2.45) is 0 Å². The summed E-state index contributed by atoms with van der Waals surface area (Å²) >= 11 is 0. The molecule has 0 amide bonds. The molecule has 6 aromatic carbocycles. The molecule has 6 nitrogen and oxygen atoms in total. The van der Waals surface area contributed by atoms with Gasteiger partial charge in [-0.05, 0) is 128 Å². The highest BCUT2D eigenvalue weighted by Gasteiger charge is 2.17. The zero-order valence-corrected chi connectivity index (χ0v) is 53.3. The smallest absolute Gasteiger partial charge is 0.165 e. The highest BCUT2D eigenvalue weighted by Crippen LogP contribution is 2.30. The minimum atomic E-state index is 0.503. The fourth-order valence-corrected chi connectivity index (χ4v) is 10.8. The van der Waals surface area contributed by atoms with Crippen molar-refractivity contribution in [1.29, 1.82) is 0 Å². The van der Waals surface area contributed by atoms with Gasteiger partial charge in [0.2, 0.25) is 0 Å². The quantitative estimate of drug-likeness (QED) is 0.0283. The van der Waals surface area contributed by atoms with E-state index in [4.69, 9.17) is 29.2 Å². The summed E-state index contributed by atoms with van der Waals surface area (Å²) in [6.07, 6.45) is 39.1. The van der Waals surface area contributed by atoms with Gasteiger partial charge in [-0.1, -0.05) is 266 Å². The van der Waals surface area contributed by atoms with E-state index in [-0.39, 0.29) is 0 Å². The van der Waals surface area contributed by atoms with Gasteiger partial charge in [0.25, 0.3) is 0 Å². The van der Waals surface area contributed by atoms with Crippen LogP contribution < -0.4 is 14.2 Å². The maximum Gasteiger partial charge on any atom is 0.165 e. The van der Waals surface area contributed by atoms with E-state index in [1.54, 1.807) is 0 Å². The lowest BCUT2D eigenvalue weighted by Crippen LogP contribution is -2.03. The normalized spacial score (nSPS) is 10.8. The van der Waals surface area contributed by atoms with E-state index in [0.29, 0.717) is 17.5 Å². The predicted molar refractivity (Wildman–Crippen MR) is 365 cm³/mol. The van der Waals surface area contributed by atoms with Crippen LogP contribution in [0.2, 0.25) is 0 Å². The van der Waals surface area contributed by atoms with Gasteiger partial charge in [0.15, 0.2) is 17.5 Å². The first-order chi connectivity index (χ1) is 43.1. The second-order valence-corrected chi connectivity index (χ2v) is 23.4. The summed E-state index contributed by atoms with van der Waals surface area (Å²) in [6.45, 7) is 9.01. The number of nitrogens with zero attached hydrogens (tertiary/aromatic N) is 3. The molecule has 0 aliphatic carbocycles. The van der Waals surface area contributed by atoms with Crippen LogP contribution in [0.4, 0.5) is 0 Å². The van der Waals surface area contributed by atoms with Gasteiger partial charge in [-0.3, -0.25) is 0 Å². The molecular weight excluding hydrogens is 1060 g/mol. The standard InChI is InChI=1S/C81H99N3O3/c1-4-7-10-13-16-19-22-25-28-37-64-85-73-58-49-67(50-59-73)46-55-70-40-31-34-43-76(70)79-82-80(77-44-35-32-41-71(77)56-47-68-51-60-74(61-52-68)86-65-38-29-26-23-20-17-14-11-8-5-2)84-81(83-79)78-45-36-33-42-72(78)57-48-69-53-62-75(63-54-69)87-66-39-30-27-24-21-18-15-12-9-6-3/h31-36,40-45,49-54,58-63H,4-30,37-39,64-66H2,1-3H3. The van der Waals surface area contributed by atoms with Gasteiger partial charge in [0.1, 0.15) is 17.2 Å². The SMILES string of the molecule is CCCCCCCCCCCCOc1ccc(C#Cc2ccccc2-c2nc(-c3ccccc3C#Cc3ccc(OCCCCCCCCCCCC)cc3)nc(-c3ccccc3C#Cc3ccc(OCCCCCCCCCCCC)cc3)n2)cc1. The highest BCUT2D eigenvalue weighted by molar-refractivity contribution is 5.75. The summed E-state index contributed by atoms with van der Waals surface area (Å²) in [5.41, 5.74) is 7.47. The molecule has 0 fully saturated rings. The molecule has 1 aromatic heterocycles.